The van der Waals surface area contributed by atoms with Crippen molar-refractivity contribution in [3.05, 3.63) is 101 Å². The molecule has 158 valence electrons. The molecule has 1 heterocycles. The number of aryl methyl sites for hydroxylation is 2. The summed E-state index contributed by atoms with van der Waals surface area (Å²) in [6.45, 7) is 3.58. The Kier molecular flexibility index (Phi) is 6.32. The first-order valence-corrected chi connectivity index (χ1v) is 10.8. The predicted octanol–water partition coefficient (Wildman–Crippen LogP) is 4.84. The molecule has 1 aromatic heterocycles. The van der Waals surface area contributed by atoms with Crippen molar-refractivity contribution < 1.29 is 4.79 Å². The van der Waals surface area contributed by atoms with E-state index in [1.165, 1.54) is 0 Å². The number of carbonyl (C=O) groups excluding carboxylic acids is 1. The number of imidazole rings is 1. The molecule has 0 atom stereocenters. The number of benzene rings is 3. The molecule has 3 aromatic carbocycles. The Bertz CT molecular complexity index is 1210. The number of anilines is 1. The summed E-state index contributed by atoms with van der Waals surface area (Å²) in [7, 11) is 0. The molecular weight excluding hydrogens is 386 g/mol. The monoisotopic (exact) mass is 413 g/mol. The minimum atomic E-state index is -0.0508. The van der Waals surface area contributed by atoms with Crippen molar-refractivity contribution in [3.63, 3.8) is 0 Å². The van der Waals surface area contributed by atoms with Crippen molar-refractivity contribution in [3.8, 4) is 0 Å². The van der Waals surface area contributed by atoms with E-state index in [2.05, 4.69) is 6.92 Å². The van der Waals surface area contributed by atoms with Gasteiger partial charge in [-0.25, -0.2) is 4.79 Å². The Balaban J connectivity index is 1.60. The van der Waals surface area contributed by atoms with E-state index in [-0.39, 0.29) is 18.0 Å². The third-order valence-electron chi connectivity index (χ3n) is 5.47. The van der Waals surface area contributed by atoms with E-state index < -0.39 is 0 Å². The molecule has 0 aliphatic rings. The highest BCUT2D eigenvalue weighted by molar-refractivity contribution is 5.93. The highest BCUT2D eigenvalue weighted by Gasteiger charge is 2.18. The number of hydrogen-bond acceptors (Lipinski definition) is 2. The van der Waals surface area contributed by atoms with Crippen LogP contribution in [0.15, 0.2) is 89.7 Å². The maximum absolute atomic E-state index is 13.3. The van der Waals surface area contributed by atoms with Crippen LogP contribution in [0.25, 0.3) is 11.0 Å². The van der Waals surface area contributed by atoms with E-state index in [4.69, 9.17) is 0 Å². The third-order valence-corrected chi connectivity index (χ3v) is 5.47. The van der Waals surface area contributed by atoms with Gasteiger partial charge in [0.25, 0.3) is 0 Å². The standard InChI is InChI=1S/C26H27N3O2/c1-2-18-27-23-15-9-10-16-24(23)28(26(27)31)19-17-25(30)29(22-13-7-4-8-14-22)20-21-11-5-3-6-12-21/h3-16H,2,17-20H2,1H3. The van der Waals surface area contributed by atoms with Gasteiger partial charge in [0.15, 0.2) is 0 Å². The van der Waals surface area contributed by atoms with E-state index in [9.17, 15) is 9.59 Å². The fraction of sp³-hybridized carbons (Fsp3) is 0.231. The first kappa shape index (κ1) is 20.7. The van der Waals surface area contributed by atoms with Crippen LogP contribution >= 0.6 is 0 Å². The van der Waals surface area contributed by atoms with Gasteiger partial charge in [0.1, 0.15) is 0 Å². The molecular formula is C26H27N3O2. The molecule has 0 spiro atoms. The molecule has 0 fully saturated rings. The van der Waals surface area contributed by atoms with Crippen LogP contribution < -0.4 is 10.6 Å². The summed E-state index contributed by atoms with van der Waals surface area (Å²) in [6.07, 6.45) is 1.13. The molecule has 4 rings (SSSR count). The van der Waals surface area contributed by atoms with Gasteiger partial charge in [-0.05, 0) is 36.2 Å². The molecule has 0 aliphatic carbocycles. The second-order valence-corrected chi connectivity index (χ2v) is 7.63. The molecule has 5 nitrogen and oxygen atoms in total. The van der Waals surface area contributed by atoms with Crippen molar-refractivity contribution in [2.24, 2.45) is 0 Å². The molecule has 1 amide bonds. The minimum Gasteiger partial charge on any atom is -0.308 e. The topological polar surface area (TPSA) is 47.2 Å². The van der Waals surface area contributed by atoms with E-state index in [1.54, 1.807) is 14.0 Å². The van der Waals surface area contributed by atoms with Gasteiger partial charge in [-0.2, -0.15) is 0 Å². The summed E-state index contributed by atoms with van der Waals surface area (Å²) in [6, 6.07) is 27.5. The molecule has 5 heteroatoms. The van der Waals surface area contributed by atoms with Gasteiger partial charge in [-0.3, -0.25) is 13.9 Å². The number of fused-ring (bicyclic) bond motifs is 1. The fourth-order valence-electron chi connectivity index (χ4n) is 3.97. The van der Waals surface area contributed by atoms with Crippen molar-refractivity contribution in [1.29, 1.82) is 0 Å². The van der Waals surface area contributed by atoms with Crippen LogP contribution in [-0.2, 0) is 24.4 Å². The second-order valence-electron chi connectivity index (χ2n) is 7.63. The lowest BCUT2D eigenvalue weighted by Crippen LogP contribution is -2.32. The Morgan fingerprint density at radius 2 is 1.32 bits per heavy atom. The summed E-state index contributed by atoms with van der Waals surface area (Å²) in [5, 5.41) is 0. The largest absolute Gasteiger partial charge is 0.329 e. The number of rotatable bonds is 8. The average molecular weight is 414 g/mol. The van der Waals surface area contributed by atoms with E-state index >= 15 is 0 Å². The number of carbonyl (C=O) groups is 1. The highest BCUT2D eigenvalue weighted by Crippen LogP contribution is 2.19. The van der Waals surface area contributed by atoms with Crippen LogP contribution in [0.2, 0.25) is 0 Å². The zero-order valence-electron chi connectivity index (χ0n) is 17.8. The van der Waals surface area contributed by atoms with Crippen molar-refractivity contribution in [2.45, 2.75) is 39.4 Å². The SMILES string of the molecule is CCCn1c(=O)n(CCC(=O)N(Cc2ccccc2)c2ccccc2)c2ccccc21. The van der Waals surface area contributed by atoms with Crippen LogP contribution in [-0.4, -0.2) is 15.0 Å². The molecule has 0 bridgehead atoms. The van der Waals surface area contributed by atoms with Gasteiger partial charge in [-0.15, -0.1) is 0 Å². The number of hydrogen-bond donors (Lipinski definition) is 0. The maximum Gasteiger partial charge on any atom is 0.329 e. The summed E-state index contributed by atoms with van der Waals surface area (Å²) in [5.74, 6) is -0.00530. The van der Waals surface area contributed by atoms with Gasteiger partial charge in [-0.1, -0.05) is 67.6 Å². The molecule has 0 unspecified atom stereocenters. The van der Waals surface area contributed by atoms with Crippen molar-refractivity contribution in [2.75, 3.05) is 4.90 Å². The zero-order valence-corrected chi connectivity index (χ0v) is 17.8. The smallest absolute Gasteiger partial charge is 0.308 e. The van der Waals surface area contributed by atoms with Gasteiger partial charge < -0.3 is 4.90 Å². The summed E-state index contributed by atoms with van der Waals surface area (Å²) < 4.78 is 3.54. The number of nitrogens with zero attached hydrogens (tertiary/aromatic N) is 3. The minimum absolute atomic E-state index is 0.00530. The molecule has 0 saturated heterocycles. The van der Waals surface area contributed by atoms with Crippen LogP contribution in [0.3, 0.4) is 0 Å². The molecule has 0 N–H and O–H groups in total. The molecule has 0 radical (unpaired) electrons. The number of amides is 1. The Morgan fingerprint density at radius 1 is 0.774 bits per heavy atom. The van der Waals surface area contributed by atoms with Crippen LogP contribution in [0.5, 0.6) is 0 Å². The van der Waals surface area contributed by atoms with E-state index in [0.717, 1.165) is 28.7 Å². The highest BCUT2D eigenvalue weighted by atomic mass is 16.2. The van der Waals surface area contributed by atoms with Crippen LogP contribution in [0.1, 0.15) is 25.3 Å². The fourth-order valence-corrected chi connectivity index (χ4v) is 3.97. The number of aromatic nitrogens is 2. The Labute approximate surface area is 182 Å². The average Bonchev–Trinajstić information content (AvgIpc) is 3.08. The molecule has 31 heavy (non-hydrogen) atoms. The van der Waals surface area contributed by atoms with Crippen LogP contribution in [0, 0.1) is 0 Å². The summed E-state index contributed by atoms with van der Waals surface area (Å²) in [4.78, 5) is 28.1. The quantitative estimate of drug-likeness (QED) is 0.415. The maximum atomic E-state index is 13.3. The van der Waals surface area contributed by atoms with Gasteiger partial charge in [0, 0.05) is 25.2 Å². The molecule has 0 saturated carbocycles. The molecule has 0 aliphatic heterocycles. The van der Waals surface area contributed by atoms with Crippen molar-refractivity contribution in [1.82, 2.24) is 9.13 Å². The number of para-hydroxylation sites is 3. The lowest BCUT2D eigenvalue weighted by Gasteiger charge is -2.23. The lowest BCUT2D eigenvalue weighted by atomic mass is 10.2. The van der Waals surface area contributed by atoms with E-state index in [1.807, 2.05) is 84.9 Å². The van der Waals surface area contributed by atoms with Crippen molar-refractivity contribution >= 4 is 22.6 Å². The summed E-state index contributed by atoms with van der Waals surface area (Å²) >= 11 is 0. The third kappa shape index (κ3) is 4.45. The predicted molar refractivity (Wildman–Crippen MR) is 125 cm³/mol. The zero-order chi connectivity index (χ0) is 21.6. The lowest BCUT2D eigenvalue weighted by molar-refractivity contribution is -0.119. The molecule has 4 aromatic rings. The normalized spacial score (nSPS) is 11.0. The van der Waals surface area contributed by atoms with Gasteiger partial charge in [0.2, 0.25) is 5.91 Å². The Hall–Kier alpha value is -3.60. The van der Waals surface area contributed by atoms with Crippen LogP contribution in [0.4, 0.5) is 5.69 Å². The first-order chi connectivity index (χ1) is 15.2. The second kappa shape index (κ2) is 9.47. The Morgan fingerprint density at radius 3 is 1.94 bits per heavy atom. The van der Waals surface area contributed by atoms with Gasteiger partial charge >= 0.3 is 5.69 Å². The van der Waals surface area contributed by atoms with Gasteiger partial charge in [0.05, 0.1) is 17.6 Å². The van der Waals surface area contributed by atoms with E-state index in [0.29, 0.717) is 19.6 Å². The summed E-state index contributed by atoms with van der Waals surface area (Å²) in [5.41, 5.74) is 3.67. The first-order valence-electron chi connectivity index (χ1n) is 10.8.